The number of anilines is 2. The van der Waals surface area contributed by atoms with Crippen molar-refractivity contribution in [2.75, 3.05) is 21.9 Å². The number of amides is 1. The Hall–Kier alpha value is -2.43. The number of aromatic nitrogens is 2. The first kappa shape index (κ1) is 21.3. The molecule has 7 nitrogen and oxygen atoms in total. The molecule has 1 heterocycles. The third-order valence-electron chi connectivity index (χ3n) is 3.83. The van der Waals surface area contributed by atoms with Crippen LogP contribution in [0.5, 0.6) is 0 Å². The zero-order chi connectivity index (χ0) is 20.9. The quantitative estimate of drug-likeness (QED) is 0.416. The topological polar surface area (TPSA) is 92.3 Å². The number of hydrogen-bond acceptors (Lipinski definition) is 7. The summed E-state index contributed by atoms with van der Waals surface area (Å²) in [7, 11) is -3.93. The third kappa shape index (κ3) is 5.34. The molecule has 1 N–H and O–H groups in total. The number of thioether (sulfide) groups is 1. The number of benzene rings is 2. The van der Waals surface area contributed by atoms with Gasteiger partial charge in [-0.2, -0.15) is 0 Å². The fourth-order valence-corrected chi connectivity index (χ4v) is 5.65. The molecule has 0 bridgehead atoms. The van der Waals surface area contributed by atoms with Gasteiger partial charge in [-0.1, -0.05) is 60.4 Å². The highest BCUT2D eigenvalue weighted by molar-refractivity contribution is 8.01. The molecule has 1 amide bonds. The molecule has 0 saturated heterocycles. The highest BCUT2D eigenvalue weighted by Gasteiger charge is 2.27. The molecule has 0 spiro atoms. The number of nitrogens with zero attached hydrogens (tertiary/aromatic N) is 3. The second kappa shape index (κ2) is 9.38. The van der Waals surface area contributed by atoms with E-state index in [0.717, 1.165) is 20.0 Å². The Bertz CT molecular complexity index is 1080. The molecule has 1 aromatic heterocycles. The fourth-order valence-electron chi connectivity index (χ4n) is 2.55. The van der Waals surface area contributed by atoms with Crippen LogP contribution in [0.3, 0.4) is 0 Å². The zero-order valence-corrected chi connectivity index (χ0v) is 18.4. The minimum absolute atomic E-state index is 0.117. The molecule has 0 aliphatic carbocycles. The summed E-state index contributed by atoms with van der Waals surface area (Å²) >= 11 is 2.78. The molecule has 2 aromatic carbocycles. The lowest BCUT2D eigenvalue weighted by molar-refractivity contribution is -0.114. The minimum atomic E-state index is -3.93. The predicted molar refractivity (Wildman–Crippen MR) is 117 cm³/mol. The van der Waals surface area contributed by atoms with Crippen molar-refractivity contribution in [1.29, 1.82) is 0 Å². The molecule has 0 fully saturated rings. The standard InChI is InChI=1S/C19H20N4O3S3/c1-3-27-19-22-21-18(28-19)20-17(24)13-23(15-9-7-8-14(2)12-15)29(25,26)16-10-5-4-6-11-16/h4-12H,3,13H2,1-2H3,(H,20,21,24). The Morgan fingerprint density at radius 1 is 1.14 bits per heavy atom. The van der Waals surface area contributed by atoms with E-state index in [1.54, 1.807) is 36.4 Å². The average molecular weight is 449 g/mol. The number of carbonyl (C=O) groups excluding carboxylic acids is 1. The van der Waals surface area contributed by atoms with E-state index < -0.39 is 15.9 Å². The minimum Gasteiger partial charge on any atom is -0.299 e. The fraction of sp³-hybridized carbons (Fsp3) is 0.211. The molecule has 10 heteroatoms. The Kier molecular flexibility index (Phi) is 6.88. The lowest BCUT2D eigenvalue weighted by Crippen LogP contribution is -2.38. The molecule has 0 aliphatic heterocycles. The maximum atomic E-state index is 13.2. The van der Waals surface area contributed by atoms with Gasteiger partial charge in [-0.3, -0.25) is 14.4 Å². The van der Waals surface area contributed by atoms with E-state index in [1.807, 2.05) is 19.9 Å². The van der Waals surface area contributed by atoms with Gasteiger partial charge >= 0.3 is 0 Å². The van der Waals surface area contributed by atoms with Gasteiger partial charge in [0.15, 0.2) is 4.34 Å². The number of hydrogen-bond donors (Lipinski definition) is 1. The van der Waals surface area contributed by atoms with Crippen LogP contribution >= 0.6 is 23.1 Å². The van der Waals surface area contributed by atoms with Gasteiger partial charge in [-0.25, -0.2) is 8.42 Å². The van der Waals surface area contributed by atoms with E-state index in [9.17, 15) is 13.2 Å². The highest BCUT2D eigenvalue weighted by atomic mass is 32.2. The van der Waals surface area contributed by atoms with Crippen molar-refractivity contribution in [3.05, 3.63) is 60.2 Å². The summed E-state index contributed by atoms with van der Waals surface area (Å²) in [4.78, 5) is 12.8. The molecule has 0 saturated carbocycles. The normalized spacial score (nSPS) is 11.2. The first-order valence-corrected chi connectivity index (χ1v) is 12.0. The Balaban J connectivity index is 1.88. The van der Waals surface area contributed by atoms with Crippen LogP contribution < -0.4 is 9.62 Å². The van der Waals surface area contributed by atoms with Crippen molar-refractivity contribution in [3.63, 3.8) is 0 Å². The van der Waals surface area contributed by atoms with E-state index in [2.05, 4.69) is 15.5 Å². The molecule has 0 atom stereocenters. The van der Waals surface area contributed by atoms with Crippen LogP contribution in [0, 0.1) is 6.92 Å². The summed E-state index contributed by atoms with van der Waals surface area (Å²) in [5.41, 5.74) is 1.31. The molecular weight excluding hydrogens is 428 g/mol. The Morgan fingerprint density at radius 2 is 1.90 bits per heavy atom. The maximum Gasteiger partial charge on any atom is 0.264 e. The van der Waals surface area contributed by atoms with Gasteiger partial charge in [0, 0.05) is 0 Å². The van der Waals surface area contributed by atoms with Gasteiger partial charge < -0.3 is 0 Å². The summed E-state index contributed by atoms with van der Waals surface area (Å²) in [5, 5.41) is 10.9. The van der Waals surface area contributed by atoms with Crippen LogP contribution in [0.1, 0.15) is 12.5 Å². The summed E-state index contributed by atoms with van der Waals surface area (Å²) in [5.74, 6) is 0.356. The predicted octanol–water partition coefficient (Wildman–Crippen LogP) is 3.79. The maximum absolute atomic E-state index is 13.2. The number of rotatable bonds is 8. The second-order valence-electron chi connectivity index (χ2n) is 6.02. The summed E-state index contributed by atoms with van der Waals surface area (Å²) in [6.45, 7) is 3.49. The van der Waals surface area contributed by atoms with Crippen LogP contribution in [0.2, 0.25) is 0 Å². The molecule has 3 aromatic rings. The van der Waals surface area contributed by atoms with Gasteiger partial charge in [0.05, 0.1) is 10.6 Å². The molecule has 152 valence electrons. The van der Waals surface area contributed by atoms with E-state index in [4.69, 9.17) is 0 Å². The van der Waals surface area contributed by atoms with Gasteiger partial charge in [0.2, 0.25) is 11.0 Å². The van der Waals surface area contributed by atoms with E-state index in [1.165, 1.54) is 35.2 Å². The number of sulfonamides is 1. The number of carbonyl (C=O) groups is 1. The van der Waals surface area contributed by atoms with Gasteiger partial charge in [-0.05, 0) is 42.5 Å². The smallest absolute Gasteiger partial charge is 0.264 e. The van der Waals surface area contributed by atoms with Crippen LogP contribution in [-0.4, -0.2) is 36.8 Å². The van der Waals surface area contributed by atoms with E-state index >= 15 is 0 Å². The first-order valence-electron chi connectivity index (χ1n) is 8.80. The van der Waals surface area contributed by atoms with Crippen molar-refractivity contribution in [2.45, 2.75) is 23.1 Å². The second-order valence-corrected chi connectivity index (χ2v) is 10.4. The van der Waals surface area contributed by atoms with Gasteiger partial charge in [-0.15, -0.1) is 10.2 Å². The first-order chi connectivity index (χ1) is 13.9. The van der Waals surface area contributed by atoms with Crippen LogP contribution in [-0.2, 0) is 14.8 Å². The largest absolute Gasteiger partial charge is 0.299 e. The van der Waals surface area contributed by atoms with Crippen molar-refractivity contribution in [2.24, 2.45) is 0 Å². The summed E-state index contributed by atoms with van der Waals surface area (Å²) < 4.78 is 28.3. The molecule has 0 unspecified atom stereocenters. The summed E-state index contributed by atoms with van der Waals surface area (Å²) in [6.07, 6.45) is 0. The molecule has 0 radical (unpaired) electrons. The molecule has 0 aliphatic rings. The Labute approximate surface area is 178 Å². The number of nitrogens with one attached hydrogen (secondary N) is 1. The Morgan fingerprint density at radius 3 is 2.59 bits per heavy atom. The van der Waals surface area contributed by atoms with E-state index in [0.29, 0.717) is 10.8 Å². The van der Waals surface area contributed by atoms with Crippen molar-refractivity contribution >= 4 is 49.8 Å². The van der Waals surface area contributed by atoms with Gasteiger partial charge in [0.1, 0.15) is 6.54 Å². The SMILES string of the molecule is CCSc1nnc(NC(=O)CN(c2cccc(C)c2)S(=O)(=O)c2ccccc2)s1. The monoisotopic (exact) mass is 448 g/mol. The van der Waals surface area contributed by atoms with Gasteiger partial charge in [0.25, 0.3) is 10.0 Å². The lowest BCUT2D eigenvalue weighted by Gasteiger charge is -2.24. The number of aryl methyl sites for hydroxylation is 1. The van der Waals surface area contributed by atoms with Crippen LogP contribution in [0.15, 0.2) is 63.8 Å². The molecule has 3 rings (SSSR count). The highest BCUT2D eigenvalue weighted by Crippen LogP contribution is 2.26. The zero-order valence-electron chi connectivity index (χ0n) is 15.9. The van der Waals surface area contributed by atoms with Crippen LogP contribution in [0.25, 0.3) is 0 Å². The third-order valence-corrected chi connectivity index (χ3v) is 7.47. The van der Waals surface area contributed by atoms with Crippen molar-refractivity contribution in [1.82, 2.24) is 10.2 Å². The van der Waals surface area contributed by atoms with Crippen molar-refractivity contribution in [3.8, 4) is 0 Å². The lowest BCUT2D eigenvalue weighted by atomic mass is 10.2. The average Bonchev–Trinajstić information content (AvgIpc) is 3.14. The molecule has 29 heavy (non-hydrogen) atoms. The van der Waals surface area contributed by atoms with Crippen LogP contribution in [0.4, 0.5) is 10.8 Å². The summed E-state index contributed by atoms with van der Waals surface area (Å²) in [6, 6.07) is 15.1. The van der Waals surface area contributed by atoms with Crippen molar-refractivity contribution < 1.29 is 13.2 Å². The van der Waals surface area contributed by atoms with E-state index in [-0.39, 0.29) is 11.4 Å². The molecular formula is C19H20N4O3S3.